The topological polar surface area (TPSA) is 68.4 Å². The van der Waals surface area contributed by atoms with Crippen molar-refractivity contribution in [1.29, 1.82) is 0 Å². The summed E-state index contributed by atoms with van der Waals surface area (Å²) in [4.78, 5) is 25.5. The van der Waals surface area contributed by atoms with Crippen molar-refractivity contribution < 1.29 is 14.1 Å². The molecule has 1 aliphatic heterocycles. The minimum atomic E-state index is -0.652. The summed E-state index contributed by atoms with van der Waals surface area (Å²) in [5, 5.41) is 0. The molecule has 1 N–H and O–H groups in total. The zero-order chi connectivity index (χ0) is 14.4. The summed E-state index contributed by atoms with van der Waals surface area (Å²) in [5.74, 6) is -0.220. The van der Waals surface area contributed by atoms with Crippen molar-refractivity contribution in [3.8, 4) is 0 Å². The summed E-state index contributed by atoms with van der Waals surface area (Å²) >= 11 is 0. The van der Waals surface area contributed by atoms with E-state index in [2.05, 4.69) is 4.98 Å². The van der Waals surface area contributed by atoms with Crippen LogP contribution >= 0.6 is 0 Å². The molecule has 0 amide bonds. The fourth-order valence-electron chi connectivity index (χ4n) is 1.94. The molecule has 102 valence electrons. The van der Waals surface area contributed by atoms with Gasteiger partial charge in [0.25, 0.3) is 0 Å². The maximum atomic E-state index is 11.6. The van der Waals surface area contributed by atoms with E-state index in [9.17, 15) is 9.59 Å². The van der Waals surface area contributed by atoms with Crippen LogP contribution in [-0.4, -0.2) is 29.1 Å². The molecule has 2 rings (SSSR count). The van der Waals surface area contributed by atoms with Crippen LogP contribution in [0.15, 0.2) is 16.9 Å². The van der Waals surface area contributed by atoms with Gasteiger partial charge in [-0.3, -0.25) is 9.59 Å². The van der Waals surface area contributed by atoms with Gasteiger partial charge in [-0.25, -0.2) is 0 Å². The number of hydrogen-bond acceptors (Lipinski definition) is 4. The third-order valence-corrected chi connectivity index (χ3v) is 3.81. The minimum Gasteiger partial charge on any atom is -0.399 e. The monoisotopic (exact) mass is 263 g/mol. The minimum absolute atomic E-state index is 0.220. The summed E-state index contributed by atoms with van der Waals surface area (Å²) in [5.41, 5.74) is -0.480. The van der Waals surface area contributed by atoms with Gasteiger partial charge in [-0.05, 0) is 27.7 Å². The SMILES string of the molecule is CC(=O)c1[nH]c(=O)ccc1B1OC(C)(C)C(C)(C)O1. The van der Waals surface area contributed by atoms with E-state index in [0.717, 1.165) is 0 Å². The molecule has 0 radical (unpaired) electrons. The average molecular weight is 263 g/mol. The molecule has 0 aliphatic carbocycles. The van der Waals surface area contributed by atoms with Gasteiger partial charge in [0.05, 0.1) is 16.9 Å². The number of Topliss-reactive ketones (excluding diaryl/α,β-unsaturated/α-hetero) is 1. The summed E-state index contributed by atoms with van der Waals surface area (Å²) in [6.45, 7) is 9.15. The molecule has 0 saturated carbocycles. The Morgan fingerprint density at radius 3 is 2.16 bits per heavy atom. The smallest absolute Gasteiger partial charge is 0.399 e. The first-order chi connectivity index (χ1) is 8.64. The van der Waals surface area contributed by atoms with Gasteiger partial charge in [-0.1, -0.05) is 6.07 Å². The molecule has 0 atom stereocenters. The van der Waals surface area contributed by atoms with Crippen LogP contribution in [-0.2, 0) is 9.31 Å². The number of aromatic amines is 1. The molecule has 0 spiro atoms. The largest absolute Gasteiger partial charge is 0.497 e. The standard InChI is InChI=1S/C13H18BNO4/c1-8(16)11-9(6-7-10(17)15-11)14-18-12(2,3)13(4,5)19-14/h6-7H,1-5H3,(H,15,17). The molecule has 6 heteroatoms. The number of pyridine rings is 1. The lowest BCUT2D eigenvalue weighted by molar-refractivity contribution is 0.00578. The molecule has 0 unspecified atom stereocenters. The van der Waals surface area contributed by atoms with Crippen LogP contribution in [0.5, 0.6) is 0 Å². The number of rotatable bonds is 2. The Balaban J connectivity index is 2.45. The van der Waals surface area contributed by atoms with Crippen LogP contribution in [0, 0.1) is 0 Å². The first kappa shape index (κ1) is 14.0. The van der Waals surface area contributed by atoms with E-state index in [4.69, 9.17) is 9.31 Å². The average Bonchev–Trinajstić information content (AvgIpc) is 2.47. The Morgan fingerprint density at radius 1 is 1.16 bits per heavy atom. The Morgan fingerprint density at radius 2 is 1.68 bits per heavy atom. The molecule has 0 bridgehead atoms. The molecule has 0 aromatic carbocycles. The number of nitrogens with one attached hydrogen (secondary N) is 1. The predicted octanol–water partition coefficient (Wildman–Crippen LogP) is 0.877. The molecule has 5 nitrogen and oxygen atoms in total. The van der Waals surface area contributed by atoms with Crippen LogP contribution in [0.3, 0.4) is 0 Å². The second-order valence-electron chi connectivity index (χ2n) is 5.80. The van der Waals surface area contributed by atoms with Crippen LogP contribution in [0.4, 0.5) is 0 Å². The van der Waals surface area contributed by atoms with Gasteiger partial charge in [0, 0.05) is 18.5 Å². The highest BCUT2D eigenvalue weighted by atomic mass is 16.7. The second kappa shape index (κ2) is 4.32. The van der Waals surface area contributed by atoms with Crippen molar-refractivity contribution in [1.82, 2.24) is 4.98 Å². The Kier molecular flexibility index (Phi) is 3.19. The Hall–Kier alpha value is -1.40. The molecule has 19 heavy (non-hydrogen) atoms. The van der Waals surface area contributed by atoms with Gasteiger partial charge >= 0.3 is 7.12 Å². The molecule has 1 saturated heterocycles. The van der Waals surface area contributed by atoms with Crippen LogP contribution in [0.2, 0.25) is 0 Å². The van der Waals surface area contributed by atoms with Crippen molar-refractivity contribution in [3.63, 3.8) is 0 Å². The van der Waals surface area contributed by atoms with Crippen LogP contribution < -0.4 is 11.0 Å². The summed E-state index contributed by atoms with van der Waals surface area (Å²) < 4.78 is 11.8. The third-order valence-electron chi connectivity index (χ3n) is 3.81. The highest BCUT2D eigenvalue weighted by Crippen LogP contribution is 2.36. The maximum absolute atomic E-state index is 11.6. The number of ketones is 1. The summed E-state index contributed by atoms with van der Waals surface area (Å²) in [6, 6.07) is 2.95. The zero-order valence-corrected chi connectivity index (χ0v) is 11.9. The molecule has 1 fully saturated rings. The number of H-pyrrole nitrogens is 1. The Labute approximate surface area is 112 Å². The maximum Gasteiger partial charge on any atom is 0.497 e. The van der Waals surface area contributed by atoms with E-state index in [1.807, 2.05) is 27.7 Å². The van der Waals surface area contributed by atoms with Crippen LogP contribution in [0.1, 0.15) is 45.1 Å². The first-order valence-electron chi connectivity index (χ1n) is 6.24. The van der Waals surface area contributed by atoms with E-state index in [1.165, 1.54) is 13.0 Å². The molecule has 1 aliphatic rings. The number of carbonyl (C=O) groups excluding carboxylic acids is 1. The van der Waals surface area contributed by atoms with Gasteiger partial charge in [0.15, 0.2) is 5.78 Å². The van der Waals surface area contributed by atoms with E-state index >= 15 is 0 Å². The van der Waals surface area contributed by atoms with E-state index < -0.39 is 18.3 Å². The summed E-state index contributed by atoms with van der Waals surface area (Å²) in [7, 11) is -0.652. The van der Waals surface area contributed by atoms with Gasteiger partial charge < -0.3 is 14.3 Å². The van der Waals surface area contributed by atoms with Crippen molar-refractivity contribution in [2.24, 2.45) is 0 Å². The van der Waals surface area contributed by atoms with Gasteiger partial charge in [-0.2, -0.15) is 0 Å². The van der Waals surface area contributed by atoms with Crippen molar-refractivity contribution in [2.75, 3.05) is 0 Å². The van der Waals surface area contributed by atoms with E-state index in [-0.39, 0.29) is 17.0 Å². The van der Waals surface area contributed by atoms with Gasteiger partial charge in [0.1, 0.15) is 0 Å². The van der Waals surface area contributed by atoms with Crippen molar-refractivity contribution >= 4 is 18.4 Å². The molecular weight excluding hydrogens is 245 g/mol. The first-order valence-corrected chi connectivity index (χ1v) is 6.24. The normalized spacial score (nSPS) is 20.6. The predicted molar refractivity (Wildman–Crippen MR) is 72.8 cm³/mol. The Bertz CT molecular complexity index is 560. The fraction of sp³-hybridized carbons (Fsp3) is 0.538. The molecular formula is C13H18BNO4. The van der Waals surface area contributed by atoms with Gasteiger partial charge in [-0.15, -0.1) is 0 Å². The quantitative estimate of drug-likeness (QED) is 0.635. The number of hydrogen-bond donors (Lipinski definition) is 1. The molecule has 2 heterocycles. The van der Waals surface area contributed by atoms with Gasteiger partial charge in [0.2, 0.25) is 5.56 Å². The molecule has 1 aromatic rings. The summed E-state index contributed by atoms with van der Waals surface area (Å²) in [6.07, 6.45) is 0. The van der Waals surface area contributed by atoms with E-state index in [0.29, 0.717) is 5.46 Å². The lowest BCUT2D eigenvalue weighted by Crippen LogP contribution is -2.41. The van der Waals surface area contributed by atoms with Crippen molar-refractivity contribution in [2.45, 2.75) is 45.8 Å². The lowest BCUT2D eigenvalue weighted by atomic mass is 9.77. The lowest BCUT2D eigenvalue weighted by Gasteiger charge is -2.32. The number of carbonyl (C=O) groups is 1. The highest BCUT2D eigenvalue weighted by molar-refractivity contribution is 6.63. The highest BCUT2D eigenvalue weighted by Gasteiger charge is 2.52. The second-order valence-corrected chi connectivity index (χ2v) is 5.80. The fourth-order valence-corrected chi connectivity index (χ4v) is 1.94. The van der Waals surface area contributed by atoms with Crippen LogP contribution in [0.25, 0.3) is 0 Å². The zero-order valence-electron chi connectivity index (χ0n) is 11.9. The number of aromatic nitrogens is 1. The van der Waals surface area contributed by atoms with Crippen molar-refractivity contribution in [3.05, 3.63) is 28.2 Å². The van der Waals surface area contributed by atoms with E-state index in [1.54, 1.807) is 6.07 Å². The molecule has 1 aromatic heterocycles. The third kappa shape index (κ3) is 2.38.